The van der Waals surface area contributed by atoms with Crippen molar-refractivity contribution in [3.63, 3.8) is 0 Å². The van der Waals surface area contributed by atoms with E-state index in [2.05, 4.69) is 26.8 Å². The summed E-state index contributed by atoms with van der Waals surface area (Å²) in [5, 5.41) is 10.6. The van der Waals surface area contributed by atoms with Gasteiger partial charge in [0.05, 0.1) is 30.5 Å². The van der Waals surface area contributed by atoms with Crippen LogP contribution in [0.4, 0.5) is 0 Å². The van der Waals surface area contributed by atoms with Crippen molar-refractivity contribution in [2.24, 2.45) is 11.8 Å². The summed E-state index contributed by atoms with van der Waals surface area (Å²) < 4.78 is 17.2. The second-order valence-corrected chi connectivity index (χ2v) is 6.84. The van der Waals surface area contributed by atoms with Gasteiger partial charge in [-0.2, -0.15) is 0 Å². The van der Waals surface area contributed by atoms with Gasteiger partial charge in [0, 0.05) is 20.1 Å². The molecule has 0 aromatic carbocycles. The van der Waals surface area contributed by atoms with Gasteiger partial charge in [0.15, 0.2) is 0 Å². The molecule has 122 valence electrons. The van der Waals surface area contributed by atoms with E-state index in [-0.39, 0.29) is 35.7 Å². The average Bonchev–Trinajstić information content (AvgIpc) is 3.23. The maximum atomic E-state index is 10.6. The van der Waals surface area contributed by atoms with Crippen LogP contribution in [-0.2, 0) is 14.2 Å². The van der Waals surface area contributed by atoms with Crippen molar-refractivity contribution in [3.05, 3.63) is 11.6 Å². The first kappa shape index (κ1) is 16.9. The van der Waals surface area contributed by atoms with Crippen LogP contribution in [0.3, 0.4) is 0 Å². The van der Waals surface area contributed by atoms with Crippen molar-refractivity contribution in [2.45, 2.75) is 63.9 Å². The summed E-state index contributed by atoms with van der Waals surface area (Å²) in [5.74, 6) is 0.299. The topological polar surface area (TPSA) is 51.2 Å². The number of aliphatic hydroxyl groups is 1. The molecule has 0 bridgehead atoms. The molecule has 0 aromatic rings. The molecule has 1 spiro atoms. The average molecular weight is 298 g/mol. The molecule has 1 aliphatic carbocycles. The molecule has 3 unspecified atom stereocenters. The second-order valence-electron chi connectivity index (χ2n) is 6.84. The van der Waals surface area contributed by atoms with Gasteiger partial charge in [0.2, 0.25) is 0 Å². The number of hydrogen-bond acceptors (Lipinski definition) is 4. The molecule has 0 amide bonds. The van der Waals surface area contributed by atoms with E-state index in [1.54, 1.807) is 14.2 Å². The van der Waals surface area contributed by atoms with E-state index in [1.807, 2.05) is 0 Å². The predicted molar refractivity (Wildman–Crippen MR) is 82.2 cm³/mol. The first-order valence-electron chi connectivity index (χ1n) is 7.96. The summed E-state index contributed by atoms with van der Waals surface area (Å²) >= 11 is 0. The van der Waals surface area contributed by atoms with E-state index in [9.17, 15) is 5.11 Å². The molecule has 2 fully saturated rings. The minimum Gasteiger partial charge on any atom is -0.393 e. The fraction of sp³-hybridized carbons (Fsp3) is 0.882. The van der Waals surface area contributed by atoms with Crippen LogP contribution in [0.25, 0.3) is 0 Å². The van der Waals surface area contributed by atoms with Crippen molar-refractivity contribution < 1.29 is 19.3 Å². The molecule has 21 heavy (non-hydrogen) atoms. The van der Waals surface area contributed by atoms with Gasteiger partial charge >= 0.3 is 0 Å². The van der Waals surface area contributed by atoms with Gasteiger partial charge in [0.1, 0.15) is 0 Å². The third-order valence-corrected chi connectivity index (χ3v) is 5.21. The van der Waals surface area contributed by atoms with Crippen molar-refractivity contribution in [1.82, 2.24) is 0 Å². The van der Waals surface area contributed by atoms with E-state index in [4.69, 9.17) is 14.2 Å². The maximum absolute atomic E-state index is 10.6. The number of epoxide rings is 1. The Balaban J connectivity index is 2.14. The van der Waals surface area contributed by atoms with Crippen molar-refractivity contribution in [2.75, 3.05) is 20.8 Å². The van der Waals surface area contributed by atoms with Gasteiger partial charge in [-0.3, -0.25) is 0 Å². The lowest BCUT2D eigenvalue weighted by atomic mass is 9.68. The summed E-state index contributed by atoms with van der Waals surface area (Å²) in [6.45, 7) is 7.01. The number of ether oxygens (including phenoxy) is 3. The Bertz CT molecular complexity index is 371. The molecule has 6 atom stereocenters. The van der Waals surface area contributed by atoms with Crippen LogP contribution in [0.2, 0.25) is 0 Å². The van der Waals surface area contributed by atoms with Crippen LogP contribution in [0.1, 0.15) is 40.0 Å². The number of hydrogen-bond donors (Lipinski definition) is 1. The van der Waals surface area contributed by atoms with E-state index in [1.165, 1.54) is 5.57 Å². The Morgan fingerprint density at radius 2 is 2.05 bits per heavy atom. The van der Waals surface area contributed by atoms with Crippen molar-refractivity contribution in [1.29, 1.82) is 0 Å². The largest absolute Gasteiger partial charge is 0.393 e. The molecule has 4 nitrogen and oxygen atoms in total. The lowest BCUT2D eigenvalue weighted by Gasteiger charge is -2.44. The summed E-state index contributed by atoms with van der Waals surface area (Å²) in [7, 11) is 3.48. The first-order valence-corrected chi connectivity index (χ1v) is 7.96. The predicted octanol–water partition coefficient (Wildman–Crippen LogP) is 2.55. The highest BCUT2D eigenvalue weighted by Crippen LogP contribution is 2.51. The standard InChI is InChI=1S/C17H30O4/c1-11(2)6-7-13(18)12(3)15-16(20-5)14(19-4)8-9-17(15)10-21-17/h6,12-16,18H,7-10H2,1-5H3/t12-,13-,14?,15?,16?,17+/m1/s1. The fourth-order valence-corrected chi connectivity index (χ4v) is 3.82. The molecule has 1 saturated heterocycles. The first-order chi connectivity index (χ1) is 9.95. The molecule has 1 saturated carbocycles. The van der Waals surface area contributed by atoms with Gasteiger partial charge in [-0.05, 0) is 39.0 Å². The van der Waals surface area contributed by atoms with Crippen LogP contribution < -0.4 is 0 Å². The Morgan fingerprint density at radius 1 is 1.38 bits per heavy atom. The Morgan fingerprint density at radius 3 is 2.52 bits per heavy atom. The molecule has 4 heteroatoms. The van der Waals surface area contributed by atoms with Crippen LogP contribution in [0.5, 0.6) is 0 Å². The third-order valence-electron chi connectivity index (χ3n) is 5.21. The smallest absolute Gasteiger partial charge is 0.0974 e. The lowest BCUT2D eigenvalue weighted by molar-refractivity contribution is -0.135. The van der Waals surface area contributed by atoms with Gasteiger partial charge in [-0.1, -0.05) is 18.6 Å². The Kier molecular flexibility index (Phi) is 5.47. The molecule has 0 radical (unpaired) electrons. The van der Waals surface area contributed by atoms with Crippen LogP contribution in [0.15, 0.2) is 11.6 Å². The summed E-state index contributed by atoms with van der Waals surface area (Å²) in [4.78, 5) is 0. The molecule has 2 aliphatic rings. The molecule has 1 heterocycles. The zero-order chi connectivity index (χ0) is 15.6. The quantitative estimate of drug-likeness (QED) is 0.605. The van der Waals surface area contributed by atoms with E-state index >= 15 is 0 Å². The normalized spacial score (nSPS) is 38.1. The monoisotopic (exact) mass is 298 g/mol. The van der Waals surface area contributed by atoms with Gasteiger partial charge < -0.3 is 19.3 Å². The number of allylic oxidation sites excluding steroid dienone is 1. The Hall–Kier alpha value is -0.420. The molecular weight excluding hydrogens is 268 g/mol. The highest BCUT2D eigenvalue weighted by Gasteiger charge is 2.60. The molecule has 1 aliphatic heterocycles. The zero-order valence-corrected chi connectivity index (χ0v) is 14.0. The maximum Gasteiger partial charge on any atom is 0.0974 e. The van der Waals surface area contributed by atoms with E-state index in [0.717, 1.165) is 19.4 Å². The van der Waals surface area contributed by atoms with Crippen LogP contribution in [-0.4, -0.2) is 49.8 Å². The van der Waals surface area contributed by atoms with Gasteiger partial charge in [-0.25, -0.2) is 0 Å². The molecule has 2 rings (SSSR count). The highest BCUT2D eigenvalue weighted by atomic mass is 16.6. The number of methoxy groups -OCH3 is 2. The van der Waals surface area contributed by atoms with Crippen molar-refractivity contribution >= 4 is 0 Å². The van der Waals surface area contributed by atoms with Crippen LogP contribution >= 0.6 is 0 Å². The summed E-state index contributed by atoms with van der Waals surface area (Å²) in [5.41, 5.74) is 1.14. The van der Waals surface area contributed by atoms with Crippen LogP contribution in [0, 0.1) is 11.8 Å². The molecular formula is C17H30O4. The minimum absolute atomic E-state index is 0.0115. The molecule has 0 aromatic heterocycles. The zero-order valence-electron chi connectivity index (χ0n) is 14.0. The second kappa shape index (κ2) is 6.78. The van der Waals surface area contributed by atoms with Gasteiger partial charge in [-0.15, -0.1) is 0 Å². The lowest BCUT2D eigenvalue weighted by Crippen LogP contribution is -2.53. The number of rotatable bonds is 6. The SMILES string of the molecule is COC1CC[C@]2(CO2)C([C@H](C)[C@H](O)CC=C(C)C)C1OC. The van der Waals surface area contributed by atoms with E-state index in [0.29, 0.717) is 6.42 Å². The molecule has 1 N–H and O–H groups in total. The third kappa shape index (κ3) is 3.50. The van der Waals surface area contributed by atoms with Crippen molar-refractivity contribution in [3.8, 4) is 0 Å². The van der Waals surface area contributed by atoms with E-state index < -0.39 is 0 Å². The minimum atomic E-state index is -0.376. The summed E-state index contributed by atoms with van der Waals surface area (Å²) in [6, 6.07) is 0. The Labute approximate surface area is 128 Å². The highest BCUT2D eigenvalue weighted by molar-refractivity contribution is 5.09. The van der Waals surface area contributed by atoms with Gasteiger partial charge in [0.25, 0.3) is 0 Å². The summed E-state index contributed by atoms with van der Waals surface area (Å²) in [6.07, 6.45) is 4.44. The fourth-order valence-electron chi connectivity index (χ4n) is 3.82. The number of aliphatic hydroxyl groups excluding tert-OH is 1.